The summed E-state index contributed by atoms with van der Waals surface area (Å²) in [6, 6.07) is 7.12. The second-order valence-corrected chi connectivity index (χ2v) is 4.99. The molecule has 1 aromatic heterocycles. The minimum absolute atomic E-state index is 0.199. The summed E-state index contributed by atoms with van der Waals surface area (Å²) in [7, 11) is 0. The molecule has 0 amide bonds. The van der Waals surface area contributed by atoms with E-state index < -0.39 is 0 Å². The quantitative estimate of drug-likeness (QED) is 0.651. The highest BCUT2D eigenvalue weighted by Crippen LogP contribution is 2.23. The van der Waals surface area contributed by atoms with Gasteiger partial charge in [0.15, 0.2) is 0 Å². The standard InChI is InChI=1S/C15H21FN4/c1-4-20-12(8-11(3)19-20)9-14(18-17)13-7-5-6-10(2)15(13)16/h5-8,14,18H,4,9,17H2,1-3H3. The van der Waals surface area contributed by atoms with Crippen LogP contribution in [0.1, 0.15) is 35.5 Å². The molecule has 5 heteroatoms. The fourth-order valence-electron chi connectivity index (χ4n) is 2.44. The number of aryl methyl sites for hydroxylation is 3. The van der Waals surface area contributed by atoms with Crippen LogP contribution in [0.5, 0.6) is 0 Å². The molecule has 3 N–H and O–H groups in total. The van der Waals surface area contributed by atoms with Crippen LogP contribution >= 0.6 is 0 Å². The van der Waals surface area contributed by atoms with Gasteiger partial charge in [-0.05, 0) is 32.4 Å². The van der Waals surface area contributed by atoms with E-state index in [1.54, 1.807) is 19.1 Å². The van der Waals surface area contributed by atoms with Crippen LogP contribution in [0.15, 0.2) is 24.3 Å². The first kappa shape index (κ1) is 14.7. The average molecular weight is 276 g/mol. The van der Waals surface area contributed by atoms with Gasteiger partial charge in [0.25, 0.3) is 0 Å². The summed E-state index contributed by atoms with van der Waals surface area (Å²) in [6.45, 7) is 6.53. The van der Waals surface area contributed by atoms with E-state index in [1.807, 2.05) is 30.7 Å². The Morgan fingerprint density at radius 1 is 1.40 bits per heavy atom. The number of benzene rings is 1. The zero-order chi connectivity index (χ0) is 14.7. The Bertz CT molecular complexity index is 592. The van der Waals surface area contributed by atoms with Crippen LogP contribution in [-0.4, -0.2) is 9.78 Å². The molecule has 1 aromatic carbocycles. The van der Waals surface area contributed by atoms with Crippen LogP contribution < -0.4 is 11.3 Å². The first-order valence-corrected chi connectivity index (χ1v) is 6.81. The molecule has 2 rings (SSSR count). The Hall–Kier alpha value is -1.72. The van der Waals surface area contributed by atoms with Gasteiger partial charge in [-0.1, -0.05) is 18.2 Å². The van der Waals surface area contributed by atoms with Gasteiger partial charge in [-0.15, -0.1) is 0 Å². The Balaban J connectivity index is 2.31. The lowest BCUT2D eigenvalue weighted by Crippen LogP contribution is -2.31. The summed E-state index contributed by atoms with van der Waals surface area (Å²) in [5.74, 6) is 5.42. The van der Waals surface area contributed by atoms with Crippen LogP contribution in [0.4, 0.5) is 4.39 Å². The first-order valence-electron chi connectivity index (χ1n) is 6.81. The molecule has 0 aliphatic heterocycles. The lowest BCUT2D eigenvalue weighted by Gasteiger charge is -2.18. The molecule has 0 radical (unpaired) electrons. The van der Waals surface area contributed by atoms with Crippen LogP contribution in [0.3, 0.4) is 0 Å². The molecule has 0 aliphatic rings. The smallest absolute Gasteiger partial charge is 0.130 e. The number of nitrogens with two attached hydrogens (primary N) is 1. The molecule has 2 aromatic rings. The number of halogens is 1. The van der Waals surface area contributed by atoms with Gasteiger partial charge in [0, 0.05) is 24.2 Å². The van der Waals surface area contributed by atoms with Crippen molar-refractivity contribution in [1.82, 2.24) is 15.2 Å². The van der Waals surface area contributed by atoms with Crippen molar-refractivity contribution in [3.63, 3.8) is 0 Å². The van der Waals surface area contributed by atoms with Crippen molar-refractivity contribution in [1.29, 1.82) is 0 Å². The third kappa shape index (κ3) is 2.89. The van der Waals surface area contributed by atoms with Crippen molar-refractivity contribution >= 4 is 0 Å². The van der Waals surface area contributed by atoms with Gasteiger partial charge in [-0.3, -0.25) is 16.0 Å². The molecule has 0 bridgehead atoms. The minimum Gasteiger partial charge on any atom is -0.271 e. The van der Waals surface area contributed by atoms with Crippen molar-refractivity contribution in [2.45, 2.75) is 39.8 Å². The van der Waals surface area contributed by atoms with E-state index in [2.05, 4.69) is 10.5 Å². The Morgan fingerprint density at radius 3 is 2.80 bits per heavy atom. The lowest BCUT2D eigenvalue weighted by atomic mass is 9.99. The van der Waals surface area contributed by atoms with Crippen molar-refractivity contribution < 1.29 is 4.39 Å². The molecule has 0 spiro atoms. The first-order chi connectivity index (χ1) is 9.56. The van der Waals surface area contributed by atoms with Crippen molar-refractivity contribution in [2.24, 2.45) is 5.84 Å². The molecule has 20 heavy (non-hydrogen) atoms. The largest absolute Gasteiger partial charge is 0.271 e. The highest BCUT2D eigenvalue weighted by atomic mass is 19.1. The fraction of sp³-hybridized carbons (Fsp3) is 0.400. The number of hydrazine groups is 1. The highest BCUT2D eigenvalue weighted by molar-refractivity contribution is 5.28. The van der Waals surface area contributed by atoms with Gasteiger partial charge in [0.2, 0.25) is 0 Å². The molecule has 0 aliphatic carbocycles. The zero-order valence-corrected chi connectivity index (χ0v) is 12.2. The molecule has 0 saturated carbocycles. The predicted molar refractivity (Wildman–Crippen MR) is 77.5 cm³/mol. The maximum absolute atomic E-state index is 14.2. The molecule has 0 saturated heterocycles. The third-order valence-electron chi connectivity index (χ3n) is 3.50. The zero-order valence-electron chi connectivity index (χ0n) is 12.2. The summed E-state index contributed by atoms with van der Waals surface area (Å²) in [6.07, 6.45) is 0.603. The van der Waals surface area contributed by atoms with Gasteiger partial charge in [-0.25, -0.2) is 4.39 Å². The summed E-state index contributed by atoms with van der Waals surface area (Å²) < 4.78 is 16.1. The van der Waals surface area contributed by atoms with Gasteiger partial charge >= 0.3 is 0 Å². The maximum Gasteiger partial charge on any atom is 0.130 e. The second-order valence-electron chi connectivity index (χ2n) is 4.99. The monoisotopic (exact) mass is 276 g/mol. The molecule has 4 nitrogen and oxygen atoms in total. The van der Waals surface area contributed by atoms with E-state index in [9.17, 15) is 4.39 Å². The summed E-state index contributed by atoms with van der Waals surface area (Å²) >= 11 is 0. The fourth-order valence-corrected chi connectivity index (χ4v) is 2.44. The van der Waals surface area contributed by atoms with Crippen LogP contribution in [0.2, 0.25) is 0 Å². The van der Waals surface area contributed by atoms with E-state index in [0.717, 1.165) is 17.9 Å². The normalized spacial score (nSPS) is 12.7. The van der Waals surface area contributed by atoms with Crippen molar-refractivity contribution in [2.75, 3.05) is 0 Å². The SMILES string of the molecule is CCn1nc(C)cc1CC(NN)c1cccc(C)c1F. The number of rotatable bonds is 5. The molecule has 1 unspecified atom stereocenters. The van der Waals surface area contributed by atoms with Crippen molar-refractivity contribution in [3.8, 4) is 0 Å². The van der Waals surface area contributed by atoms with E-state index in [-0.39, 0.29) is 11.9 Å². The number of nitrogens with zero attached hydrogens (tertiary/aromatic N) is 2. The molecule has 1 atom stereocenters. The van der Waals surface area contributed by atoms with E-state index in [4.69, 9.17) is 5.84 Å². The van der Waals surface area contributed by atoms with Crippen LogP contribution in [-0.2, 0) is 13.0 Å². The minimum atomic E-state index is -0.267. The maximum atomic E-state index is 14.2. The third-order valence-corrected chi connectivity index (χ3v) is 3.50. The molecule has 108 valence electrons. The predicted octanol–water partition coefficient (Wildman–Crippen LogP) is 2.41. The van der Waals surface area contributed by atoms with Gasteiger partial charge < -0.3 is 0 Å². The Kier molecular flexibility index (Phi) is 4.52. The summed E-state index contributed by atoms with van der Waals surface area (Å²) in [4.78, 5) is 0. The summed E-state index contributed by atoms with van der Waals surface area (Å²) in [5.41, 5.74) is 5.94. The topological polar surface area (TPSA) is 55.9 Å². The van der Waals surface area contributed by atoms with Crippen molar-refractivity contribution in [3.05, 3.63) is 52.6 Å². The number of hydrogen-bond acceptors (Lipinski definition) is 3. The number of nitrogens with one attached hydrogen (secondary N) is 1. The van der Waals surface area contributed by atoms with E-state index in [1.165, 1.54) is 0 Å². The highest BCUT2D eigenvalue weighted by Gasteiger charge is 2.18. The number of aromatic nitrogens is 2. The van der Waals surface area contributed by atoms with Gasteiger partial charge in [0.05, 0.1) is 11.7 Å². The molecule has 0 fully saturated rings. The van der Waals surface area contributed by atoms with Crippen LogP contribution in [0, 0.1) is 19.7 Å². The Morgan fingerprint density at radius 2 is 2.15 bits per heavy atom. The van der Waals surface area contributed by atoms with Gasteiger partial charge in [0.1, 0.15) is 5.82 Å². The molecular formula is C15H21FN4. The lowest BCUT2D eigenvalue weighted by molar-refractivity contribution is 0.488. The Labute approximate surface area is 118 Å². The van der Waals surface area contributed by atoms with Crippen LogP contribution in [0.25, 0.3) is 0 Å². The molecular weight excluding hydrogens is 255 g/mol. The second kappa shape index (κ2) is 6.15. The van der Waals surface area contributed by atoms with E-state index in [0.29, 0.717) is 17.5 Å². The van der Waals surface area contributed by atoms with E-state index >= 15 is 0 Å². The number of hydrogen-bond donors (Lipinski definition) is 2. The summed E-state index contributed by atoms with van der Waals surface area (Å²) in [5, 5.41) is 4.40. The molecule has 1 heterocycles. The average Bonchev–Trinajstić information content (AvgIpc) is 2.79. The van der Waals surface area contributed by atoms with Gasteiger partial charge in [-0.2, -0.15) is 5.10 Å².